The molecular weight excluding hydrogens is 396 g/mol. The molecule has 3 atom stereocenters. The molecule has 2 fully saturated rings. The number of amides is 1. The van der Waals surface area contributed by atoms with Crippen LogP contribution in [0, 0.1) is 5.41 Å². The van der Waals surface area contributed by atoms with Crippen LogP contribution in [0.2, 0.25) is 0 Å². The van der Waals surface area contributed by atoms with Crippen LogP contribution < -0.4 is 5.32 Å². The van der Waals surface area contributed by atoms with Crippen LogP contribution in [-0.4, -0.2) is 89.1 Å². The highest BCUT2D eigenvalue weighted by Gasteiger charge is 2.36. The van der Waals surface area contributed by atoms with Gasteiger partial charge in [0, 0.05) is 75.7 Å². The Labute approximate surface area is 186 Å². The third-order valence-electron chi connectivity index (χ3n) is 6.28. The molecule has 3 rings (SSSR count). The van der Waals surface area contributed by atoms with E-state index in [1.54, 1.807) is 11.3 Å². The van der Waals surface area contributed by atoms with Gasteiger partial charge in [-0.15, -0.1) is 11.3 Å². The summed E-state index contributed by atoms with van der Waals surface area (Å²) < 4.78 is 0. The molecule has 0 radical (unpaired) electrons. The summed E-state index contributed by atoms with van der Waals surface area (Å²) in [6.45, 7) is 15.0. The maximum atomic E-state index is 12.8. The normalized spacial score (nSPS) is 26.5. The molecule has 1 aromatic heterocycles. The SMILES string of the molecule is C[C@@H]1CN(C(=O)C(C)(C)C)[C@H](C)CN1Cc1csc(NC[C@@H]2CCCN2N(C)C)n1. The van der Waals surface area contributed by atoms with Gasteiger partial charge < -0.3 is 10.2 Å². The molecule has 0 bridgehead atoms. The monoisotopic (exact) mass is 436 g/mol. The zero-order chi connectivity index (χ0) is 22.1. The van der Waals surface area contributed by atoms with Crippen LogP contribution in [0.4, 0.5) is 5.13 Å². The number of hydrogen-bond donors (Lipinski definition) is 1. The number of rotatable bonds is 6. The lowest BCUT2D eigenvalue weighted by Crippen LogP contribution is -2.59. The summed E-state index contributed by atoms with van der Waals surface area (Å²) in [6, 6.07) is 1.10. The smallest absolute Gasteiger partial charge is 0.228 e. The number of thiazole rings is 1. The maximum absolute atomic E-state index is 12.8. The average molecular weight is 437 g/mol. The van der Waals surface area contributed by atoms with E-state index in [4.69, 9.17) is 4.98 Å². The minimum atomic E-state index is -0.326. The number of piperazine rings is 1. The second-order valence-corrected chi connectivity index (χ2v) is 11.0. The fourth-order valence-electron chi connectivity index (χ4n) is 4.56. The molecule has 0 aromatic carbocycles. The van der Waals surface area contributed by atoms with Gasteiger partial charge in [-0.1, -0.05) is 20.8 Å². The minimum absolute atomic E-state index is 0.225. The van der Waals surface area contributed by atoms with Gasteiger partial charge >= 0.3 is 0 Å². The summed E-state index contributed by atoms with van der Waals surface area (Å²) in [6.07, 6.45) is 2.49. The van der Waals surface area contributed by atoms with Crippen molar-refractivity contribution in [3.8, 4) is 0 Å². The lowest BCUT2D eigenvalue weighted by molar-refractivity contribution is -0.145. The van der Waals surface area contributed by atoms with E-state index >= 15 is 0 Å². The van der Waals surface area contributed by atoms with Gasteiger partial charge in [-0.2, -0.15) is 0 Å². The van der Waals surface area contributed by atoms with Crippen LogP contribution in [0.15, 0.2) is 5.38 Å². The summed E-state index contributed by atoms with van der Waals surface area (Å²) in [4.78, 5) is 22.1. The zero-order valence-electron chi connectivity index (χ0n) is 19.8. The summed E-state index contributed by atoms with van der Waals surface area (Å²) in [7, 11) is 4.24. The molecule has 7 nitrogen and oxygen atoms in total. The van der Waals surface area contributed by atoms with Gasteiger partial charge in [0.2, 0.25) is 5.91 Å². The Morgan fingerprint density at radius 2 is 2.00 bits per heavy atom. The van der Waals surface area contributed by atoms with Crippen molar-refractivity contribution >= 4 is 22.4 Å². The molecule has 0 spiro atoms. The molecule has 170 valence electrons. The minimum Gasteiger partial charge on any atom is -0.360 e. The number of anilines is 1. The quantitative estimate of drug-likeness (QED) is 0.740. The highest BCUT2D eigenvalue weighted by molar-refractivity contribution is 7.13. The van der Waals surface area contributed by atoms with E-state index < -0.39 is 0 Å². The summed E-state index contributed by atoms with van der Waals surface area (Å²) >= 11 is 1.70. The Hall–Kier alpha value is -1.22. The van der Waals surface area contributed by atoms with Crippen molar-refractivity contribution in [1.82, 2.24) is 24.8 Å². The van der Waals surface area contributed by atoms with Crippen LogP contribution in [0.1, 0.15) is 53.2 Å². The van der Waals surface area contributed by atoms with Crippen LogP contribution in [-0.2, 0) is 11.3 Å². The van der Waals surface area contributed by atoms with Gasteiger partial charge in [0.15, 0.2) is 5.13 Å². The van der Waals surface area contributed by atoms with Gasteiger partial charge in [-0.3, -0.25) is 9.69 Å². The fourth-order valence-corrected chi connectivity index (χ4v) is 5.27. The molecule has 1 aromatic rings. The van der Waals surface area contributed by atoms with Crippen molar-refractivity contribution in [2.45, 2.75) is 72.1 Å². The van der Waals surface area contributed by atoms with Crippen LogP contribution in [0.25, 0.3) is 0 Å². The lowest BCUT2D eigenvalue weighted by atomic mass is 9.92. The van der Waals surface area contributed by atoms with Crippen LogP contribution in [0.5, 0.6) is 0 Å². The highest BCUT2D eigenvalue weighted by atomic mass is 32.1. The standard InChI is InChI=1S/C22H40N6OS/c1-16-13-27(20(29)22(3,4)5)17(2)12-26(16)14-18-15-30-21(24-18)23-11-19-9-8-10-28(19)25(6)7/h15-17,19H,8-14H2,1-7H3,(H,23,24)/t16-,17-,19+/m1/s1. The number of nitrogens with zero attached hydrogens (tertiary/aromatic N) is 5. The van der Waals surface area contributed by atoms with E-state index in [2.05, 4.69) is 58.5 Å². The molecular formula is C22H40N6OS. The largest absolute Gasteiger partial charge is 0.360 e. The molecule has 2 saturated heterocycles. The molecule has 2 aliphatic heterocycles. The number of nitrogens with one attached hydrogen (secondary N) is 1. The van der Waals surface area contributed by atoms with Gasteiger partial charge in [0.05, 0.1) is 5.69 Å². The van der Waals surface area contributed by atoms with E-state index in [-0.39, 0.29) is 17.4 Å². The molecule has 1 amide bonds. The Balaban J connectivity index is 1.53. The fraction of sp³-hybridized carbons (Fsp3) is 0.818. The van der Waals surface area contributed by atoms with Crippen molar-refractivity contribution in [3.63, 3.8) is 0 Å². The average Bonchev–Trinajstić information content (AvgIpc) is 3.30. The van der Waals surface area contributed by atoms with Crippen molar-refractivity contribution in [3.05, 3.63) is 11.1 Å². The third kappa shape index (κ3) is 5.52. The number of hydrogen-bond acceptors (Lipinski definition) is 7. The first-order chi connectivity index (χ1) is 14.1. The first-order valence-corrected chi connectivity index (χ1v) is 12.1. The second kappa shape index (κ2) is 9.51. The predicted octanol–water partition coefficient (Wildman–Crippen LogP) is 2.96. The van der Waals surface area contributed by atoms with Crippen molar-refractivity contribution in [2.24, 2.45) is 5.41 Å². The molecule has 8 heteroatoms. The molecule has 0 saturated carbocycles. The molecule has 30 heavy (non-hydrogen) atoms. The number of carbonyl (C=O) groups is 1. The van der Waals surface area contributed by atoms with E-state index in [0.717, 1.165) is 43.5 Å². The lowest BCUT2D eigenvalue weighted by Gasteiger charge is -2.45. The first-order valence-electron chi connectivity index (χ1n) is 11.2. The Kier molecular flexibility index (Phi) is 7.43. The van der Waals surface area contributed by atoms with Crippen LogP contribution >= 0.6 is 11.3 Å². The molecule has 3 heterocycles. The van der Waals surface area contributed by atoms with Gasteiger partial charge in [-0.25, -0.2) is 15.0 Å². The number of aromatic nitrogens is 1. The van der Waals surface area contributed by atoms with Crippen molar-refractivity contribution in [1.29, 1.82) is 0 Å². The summed E-state index contributed by atoms with van der Waals surface area (Å²) in [5, 5.41) is 11.4. The molecule has 2 aliphatic rings. The molecule has 1 N–H and O–H groups in total. The van der Waals surface area contributed by atoms with E-state index in [9.17, 15) is 4.79 Å². The second-order valence-electron chi connectivity index (χ2n) is 10.2. The van der Waals surface area contributed by atoms with E-state index in [0.29, 0.717) is 12.1 Å². The topological polar surface area (TPSA) is 55.0 Å². The maximum Gasteiger partial charge on any atom is 0.228 e. The number of hydrazine groups is 1. The van der Waals surface area contributed by atoms with Gasteiger partial charge in [-0.05, 0) is 26.7 Å². The summed E-state index contributed by atoms with van der Waals surface area (Å²) in [5.74, 6) is 0.250. The first kappa shape index (κ1) is 23.4. The van der Waals surface area contributed by atoms with E-state index in [1.165, 1.54) is 12.8 Å². The zero-order valence-corrected chi connectivity index (χ0v) is 20.6. The summed E-state index contributed by atoms with van der Waals surface area (Å²) in [5.41, 5.74) is 0.792. The predicted molar refractivity (Wildman–Crippen MR) is 125 cm³/mol. The Bertz CT molecular complexity index is 715. The van der Waals surface area contributed by atoms with Gasteiger partial charge in [0.25, 0.3) is 0 Å². The number of carbonyl (C=O) groups excluding carboxylic acids is 1. The van der Waals surface area contributed by atoms with Crippen molar-refractivity contribution < 1.29 is 4.79 Å². The Morgan fingerprint density at radius 1 is 1.27 bits per heavy atom. The van der Waals surface area contributed by atoms with Crippen molar-refractivity contribution in [2.75, 3.05) is 45.6 Å². The highest BCUT2D eigenvalue weighted by Crippen LogP contribution is 2.26. The van der Waals surface area contributed by atoms with Crippen LogP contribution in [0.3, 0.4) is 0 Å². The Morgan fingerprint density at radius 3 is 2.67 bits per heavy atom. The third-order valence-corrected chi connectivity index (χ3v) is 7.13. The van der Waals surface area contributed by atoms with E-state index in [1.807, 2.05) is 20.8 Å². The van der Waals surface area contributed by atoms with Gasteiger partial charge in [0.1, 0.15) is 0 Å². The molecule has 0 unspecified atom stereocenters. The molecule has 0 aliphatic carbocycles.